The molecule has 0 saturated carbocycles. The highest BCUT2D eigenvalue weighted by molar-refractivity contribution is 6.05. The lowest BCUT2D eigenvalue weighted by molar-refractivity contribution is 0.102. The largest absolute Gasteiger partial charge is 0.497 e. The molecule has 112 valence electrons. The summed E-state index contributed by atoms with van der Waals surface area (Å²) in [6, 6.07) is 16.0. The standard InChI is InChI=1S/C18H13N3O2/c1-23-16-6-5-13-8-15(11-20-17(13)9-16)21-18(22)14-4-2-3-12(7-14)10-19/h2-9,11H,1H3,(H,21,22). The van der Waals surface area contributed by atoms with Gasteiger partial charge in [-0.2, -0.15) is 5.26 Å². The van der Waals surface area contributed by atoms with E-state index in [0.29, 0.717) is 16.8 Å². The van der Waals surface area contributed by atoms with Crippen molar-refractivity contribution in [3.63, 3.8) is 0 Å². The summed E-state index contributed by atoms with van der Waals surface area (Å²) in [4.78, 5) is 16.6. The summed E-state index contributed by atoms with van der Waals surface area (Å²) in [5.74, 6) is 0.451. The number of benzene rings is 2. The van der Waals surface area contributed by atoms with E-state index in [1.807, 2.05) is 30.3 Å². The number of hydrogen-bond acceptors (Lipinski definition) is 4. The van der Waals surface area contributed by atoms with Crippen LogP contribution in [0.2, 0.25) is 0 Å². The van der Waals surface area contributed by atoms with Gasteiger partial charge >= 0.3 is 0 Å². The third kappa shape index (κ3) is 3.11. The number of aromatic nitrogens is 1. The molecule has 1 aromatic heterocycles. The molecule has 0 aliphatic carbocycles. The van der Waals surface area contributed by atoms with Gasteiger partial charge in [0, 0.05) is 17.0 Å². The first-order chi connectivity index (χ1) is 11.2. The van der Waals surface area contributed by atoms with Crippen molar-refractivity contribution in [1.82, 2.24) is 4.98 Å². The Hall–Kier alpha value is -3.39. The van der Waals surface area contributed by atoms with Gasteiger partial charge in [0.2, 0.25) is 0 Å². The molecule has 0 aliphatic rings. The highest BCUT2D eigenvalue weighted by Gasteiger charge is 2.08. The molecule has 0 atom stereocenters. The summed E-state index contributed by atoms with van der Waals surface area (Å²) in [6.07, 6.45) is 1.59. The van der Waals surface area contributed by atoms with Crippen LogP contribution in [0.1, 0.15) is 15.9 Å². The Labute approximate surface area is 133 Å². The number of fused-ring (bicyclic) bond motifs is 1. The van der Waals surface area contributed by atoms with Crippen LogP contribution in [0.15, 0.2) is 54.7 Å². The van der Waals surface area contributed by atoms with Gasteiger partial charge in [0.05, 0.1) is 36.1 Å². The Balaban J connectivity index is 1.86. The van der Waals surface area contributed by atoms with E-state index in [4.69, 9.17) is 10.00 Å². The monoisotopic (exact) mass is 303 g/mol. The molecule has 1 N–H and O–H groups in total. The molecule has 1 amide bonds. The lowest BCUT2D eigenvalue weighted by atomic mass is 10.1. The average molecular weight is 303 g/mol. The number of nitrogens with one attached hydrogen (secondary N) is 1. The molecule has 3 aromatic rings. The van der Waals surface area contributed by atoms with Crippen molar-refractivity contribution >= 4 is 22.5 Å². The van der Waals surface area contributed by atoms with Crippen molar-refractivity contribution in [1.29, 1.82) is 5.26 Å². The van der Waals surface area contributed by atoms with Crippen LogP contribution in [0.5, 0.6) is 5.75 Å². The second kappa shape index (κ2) is 6.16. The van der Waals surface area contributed by atoms with E-state index in [0.717, 1.165) is 16.7 Å². The maximum absolute atomic E-state index is 12.3. The summed E-state index contributed by atoms with van der Waals surface area (Å²) in [5.41, 5.74) is 2.25. The SMILES string of the molecule is COc1ccc2cc(NC(=O)c3cccc(C#N)c3)cnc2c1. The number of rotatable bonds is 3. The molecule has 0 fully saturated rings. The quantitative estimate of drug-likeness (QED) is 0.805. The summed E-state index contributed by atoms with van der Waals surface area (Å²) >= 11 is 0. The van der Waals surface area contributed by atoms with Gasteiger partial charge in [0.25, 0.3) is 5.91 Å². The van der Waals surface area contributed by atoms with Crippen molar-refractivity contribution in [3.05, 3.63) is 65.9 Å². The number of carbonyl (C=O) groups excluding carboxylic acids is 1. The fraction of sp³-hybridized carbons (Fsp3) is 0.0556. The normalized spacial score (nSPS) is 10.1. The molecule has 0 aliphatic heterocycles. The summed E-state index contributed by atoms with van der Waals surface area (Å²) in [6.45, 7) is 0. The van der Waals surface area contributed by atoms with Gasteiger partial charge in [0.1, 0.15) is 5.75 Å². The number of nitriles is 1. The Morgan fingerprint density at radius 1 is 1.22 bits per heavy atom. The molecule has 0 spiro atoms. The molecule has 1 heterocycles. The van der Waals surface area contributed by atoms with Crippen molar-refractivity contribution in [2.45, 2.75) is 0 Å². The minimum atomic E-state index is -0.281. The maximum Gasteiger partial charge on any atom is 0.255 e. The molecule has 3 rings (SSSR count). The van der Waals surface area contributed by atoms with Crippen molar-refractivity contribution < 1.29 is 9.53 Å². The first-order valence-corrected chi connectivity index (χ1v) is 6.95. The minimum absolute atomic E-state index is 0.281. The zero-order valence-corrected chi connectivity index (χ0v) is 12.4. The number of ether oxygens (including phenoxy) is 1. The van der Waals surface area contributed by atoms with Gasteiger partial charge < -0.3 is 10.1 Å². The van der Waals surface area contributed by atoms with Crippen LogP contribution in [0.25, 0.3) is 10.9 Å². The van der Waals surface area contributed by atoms with Crippen molar-refractivity contribution in [3.8, 4) is 11.8 Å². The fourth-order valence-corrected chi connectivity index (χ4v) is 2.23. The first kappa shape index (κ1) is 14.5. The topological polar surface area (TPSA) is 75.0 Å². The molecule has 2 aromatic carbocycles. The lowest BCUT2D eigenvalue weighted by Gasteiger charge is -2.07. The molecule has 0 saturated heterocycles. The zero-order valence-electron chi connectivity index (χ0n) is 12.4. The summed E-state index contributed by atoms with van der Waals surface area (Å²) in [5, 5.41) is 12.6. The second-order valence-electron chi connectivity index (χ2n) is 4.93. The molecular formula is C18H13N3O2. The number of carbonyl (C=O) groups is 1. The van der Waals surface area contributed by atoms with Crippen LogP contribution in [-0.4, -0.2) is 18.0 Å². The second-order valence-corrected chi connectivity index (χ2v) is 4.93. The van der Waals surface area contributed by atoms with Crippen LogP contribution >= 0.6 is 0 Å². The number of hydrogen-bond donors (Lipinski definition) is 1. The predicted molar refractivity (Wildman–Crippen MR) is 87.4 cm³/mol. The molecular weight excluding hydrogens is 290 g/mol. The van der Waals surface area contributed by atoms with Gasteiger partial charge in [-0.05, 0) is 36.4 Å². The van der Waals surface area contributed by atoms with E-state index < -0.39 is 0 Å². The Bertz CT molecular complexity index is 929. The number of nitrogens with zero attached hydrogens (tertiary/aromatic N) is 2. The Morgan fingerprint density at radius 3 is 2.87 bits per heavy atom. The van der Waals surface area contributed by atoms with E-state index in [-0.39, 0.29) is 5.91 Å². The van der Waals surface area contributed by atoms with Crippen molar-refractivity contribution in [2.24, 2.45) is 0 Å². The smallest absolute Gasteiger partial charge is 0.255 e. The number of anilines is 1. The van der Waals surface area contributed by atoms with Gasteiger partial charge in [-0.1, -0.05) is 6.07 Å². The third-order valence-electron chi connectivity index (χ3n) is 3.40. The van der Waals surface area contributed by atoms with Crippen LogP contribution in [0.4, 0.5) is 5.69 Å². The fourth-order valence-electron chi connectivity index (χ4n) is 2.23. The van der Waals surface area contributed by atoms with Gasteiger partial charge in [0.15, 0.2) is 0 Å². The molecule has 0 radical (unpaired) electrons. The van der Waals surface area contributed by atoms with Crippen LogP contribution in [0, 0.1) is 11.3 Å². The van der Waals surface area contributed by atoms with Crippen molar-refractivity contribution in [2.75, 3.05) is 12.4 Å². The van der Waals surface area contributed by atoms with E-state index in [1.165, 1.54) is 0 Å². The van der Waals surface area contributed by atoms with Gasteiger partial charge in [-0.25, -0.2) is 0 Å². The van der Waals surface area contributed by atoms with Crippen LogP contribution < -0.4 is 10.1 Å². The molecule has 5 heteroatoms. The number of methoxy groups -OCH3 is 1. The maximum atomic E-state index is 12.3. The van der Waals surface area contributed by atoms with Gasteiger partial charge in [-0.3, -0.25) is 9.78 Å². The first-order valence-electron chi connectivity index (χ1n) is 6.95. The van der Waals surface area contributed by atoms with Crippen LogP contribution in [0.3, 0.4) is 0 Å². The number of pyridine rings is 1. The summed E-state index contributed by atoms with van der Waals surface area (Å²) in [7, 11) is 1.60. The molecule has 0 unspecified atom stereocenters. The molecule has 5 nitrogen and oxygen atoms in total. The van der Waals surface area contributed by atoms with Gasteiger partial charge in [-0.15, -0.1) is 0 Å². The Morgan fingerprint density at radius 2 is 2.09 bits per heavy atom. The molecule has 23 heavy (non-hydrogen) atoms. The number of amides is 1. The van der Waals surface area contributed by atoms with E-state index in [1.54, 1.807) is 37.6 Å². The van der Waals surface area contributed by atoms with Crippen LogP contribution in [-0.2, 0) is 0 Å². The highest BCUT2D eigenvalue weighted by atomic mass is 16.5. The predicted octanol–water partition coefficient (Wildman–Crippen LogP) is 3.37. The molecule has 0 bridgehead atoms. The van der Waals surface area contributed by atoms with E-state index in [9.17, 15) is 4.79 Å². The zero-order chi connectivity index (χ0) is 16.2. The van der Waals surface area contributed by atoms with E-state index in [2.05, 4.69) is 10.3 Å². The average Bonchev–Trinajstić information content (AvgIpc) is 2.61. The Kier molecular flexibility index (Phi) is 3.89. The van der Waals surface area contributed by atoms with E-state index >= 15 is 0 Å². The summed E-state index contributed by atoms with van der Waals surface area (Å²) < 4.78 is 5.16. The highest BCUT2D eigenvalue weighted by Crippen LogP contribution is 2.22. The lowest BCUT2D eigenvalue weighted by Crippen LogP contribution is -2.12. The minimum Gasteiger partial charge on any atom is -0.497 e. The third-order valence-corrected chi connectivity index (χ3v) is 3.40.